The molecule has 0 aliphatic carbocycles. The summed E-state index contributed by atoms with van der Waals surface area (Å²) in [4.78, 5) is 11.3. The van der Waals surface area contributed by atoms with E-state index >= 15 is 0 Å². The van der Waals surface area contributed by atoms with Crippen molar-refractivity contribution in [3.8, 4) is 5.69 Å². The van der Waals surface area contributed by atoms with Gasteiger partial charge in [-0.15, -0.1) is 0 Å². The largest absolute Gasteiger partial charge is 0.324 e. The molecule has 82 valence electrons. The van der Waals surface area contributed by atoms with E-state index in [1.165, 1.54) is 0 Å². The molecule has 0 radical (unpaired) electrons. The number of nitrogens with zero attached hydrogens (tertiary/aromatic N) is 2. The van der Waals surface area contributed by atoms with E-state index in [-0.39, 0.29) is 12.3 Å². The summed E-state index contributed by atoms with van der Waals surface area (Å²) in [5.41, 5.74) is 6.81. The topological polar surface area (TPSA) is 60.9 Å². The van der Waals surface area contributed by atoms with Crippen LogP contribution in [0, 0.1) is 0 Å². The summed E-state index contributed by atoms with van der Waals surface area (Å²) in [5.74, 6) is -0.0619. The van der Waals surface area contributed by atoms with E-state index < -0.39 is 0 Å². The van der Waals surface area contributed by atoms with Gasteiger partial charge in [0.15, 0.2) is 5.78 Å². The molecule has 0 amide bonds. The molecule has 0 aliphatic heterocycles. The molecule has 4 nitrogen and oxygen atoms in total. The van der Waals surface area contributed by atoms with Crippen LogP contribution >= 0.6 is 15.9 Å². The number of hydrogen-bond donors (Lipinski definition) is 1. The summed E-state index contributed by atoms with van der Waals surface area (Å²) in [5, 5.41) is 4.14. The third kappa shape index (κ3) is 2.20. The van der Waals surface area contributed by atoms with Gasteiger partial charge in [0.1, 0.15) is 0 Å². The lowest BCUT2D eigenvalue weighted by Gasteiger charge is -2.02. The maximum Gasteiger partial charge on any atom is 0.176 e. The monoisotopic (exact) mass is 279 g/mol. The number of ketones is 1. The van der Waals surface area contributed by atoms with Crippen LogP contribution in [-0.4, -0.2) is 22.1 Å². The zero-order valence-corrected chi connectivity index (χ0v) is 10.0. The van der Waals surface area contributed by atoms with Crippen molar-refractivity contribution >= 4 is 21.7 Å². The van der Waals surface area contributed by atoms with E-state index in [1.807, 2.05) is 18.3 Å². The van der Waals surface area contributed by atoms with Crippen molar-refractivity contribution in [2.75, 3.05) is 6.54 Å². The minimum Gasteiger partial charge on any atom is -0.324 e. The van der Waals surface area contributed by atoms with Gasteiger partial charge in [0.2, 0.25) is 0 Å². The van der Waals surface area contributed by atoms with Gasteiger partial charge in [-0.05, 0) is 40.2 Å². The number of rotatable bonds is 3. The standard InChI is InChI=1S/C11H10BrN3O/c12-9-6-14-15(7-9)10-3-1-8(2-4-10)11(16)5-13/h1-4,6-7H,5,13H2. The fraction of sp³-hybridized carbons (Fsp3) is 0.0909. The van der Waals surface area contributed by atoms with Crippen molar-refractivity contribution in [2.45, 2.75) is 0 Å². The quantitative estimate of drug-likeness (QED) is 0.872. The number of halogens is 1. The highest BCUT2D eigenvalue weighted by molar-refractivity contribution is 9.10. The fourth-order valence-electron chi connectivity index (χ4n) is 1.36. The van der Waals surface area contributed by atoms with Gasteiger partial charge >= 0.3 is 0 Å². The van der Waals surface area contributed by atoms with E-state index in [9.17, 15) is 4.79 Å². The van der Waals surface area contributed by atoms with Gasteiger partial charge in [-0.2, -0.15) is 5.10 Å². The molecule has 1 heterocycles. The molecule has 2 aromatic rings. The number of carbonyl (C=O) groups excluding carboxylic acids is 1. The van der Waals surface area contributed by atoms with Crippen LogP contribution in [0.3, 0.4) is 0 Å². The van der Waals surface area contributed by atoms with Crippen molar-refractivity contribution in [1.82, 2.24) is 9.78 Å². The van der Waals surface area contributed by atoms with Gasteiger partial charge in [0.05, 0.1) is 22.9 Å². The number of hydrogen-bond acceptors (Lipinski definition) is 3. The van der Waals surface area contributed by atoms with Crippen LogP contribution in [0.1, 0.15) is 10.4 Å². The minimum absolute atomic E-state index is 0.0344. The molecular formula is C11H10BrN3O. The Morgan fingerprint density at radius 3 is 2.56 bits per heavy atom. The smallest absolute Gasteiger partial charge is 0.176 e. The van der Waals surface area contributed by atoms with Gasteiger partial charge in [0, 0.05) is 11.8 Å². The van der Waals surface area contributed by atoms with Gasteiger partial charge in [-0.1, -0.05) is 0 Å². The third-order valence-electron chi connectivity index (χ3n) is 2.19. The van der Waals surface area contributed by atoms with Crippen LogP contribution in [0.2, 0.25) is 0 Å². The first kappa shape index (κ1) is 11.0. The van der Waals surface area contributed by atoms with E-state index in [2.05, 4.69) is 21.0 Å². The fourth-order valence-corrected chi connectivity index (χ4v) is 1.65. The lowest BCUT2D eigenvalue weighted by atomic mass is 10.1. The van der Waals surface area contributed by atoms with Crippen LogP contribution < -0.4 is 5.73 Å². The molecule has 0 unspecified atom stereocenters. The second-order valence-electron chi connectivity index (χ2n) is 3.28. The van der Waals surface area contributed by atoms with Crippen molar-refractivity contribution in [2.24, 2.45) is 5.73 Å². The number of carbonyl (C=O) groups is 1. The first-order valence-corrected chi connectivity index (χ1v) is 5.54. The SMILES string of the molecule is NCC(=O)c1ccc(-n2cc(Br)cn2)cc1. The van der Waals surface area contributed by atoms with Crippen LogP contribution in [-0.2, 0) is 0 Å². The van der Waals surface area contributed by atoms with Gasteiger partial charge in [0.25, 0.3) is 0 Å². The van der Waals surface area contributed by atoms with Gasteiger partial charge in [-0.25, -0.2) is 4.68 Å². The van der Waals surface area contributed by atoms with Crippen molar-refractivity contribution in [1.29, 1.82) is 0 Å². The molecule has 0 bridgehead atoms. The Bertz CT molecular complexity index is 504. The van der Waals surface area contributed by atoms with E-state index in [0.29, 0.717) is 5.56 Å². The molecule has 2 rings (SSSR count). The van der Waals surface area contributed by atoms with Crippen molar-refractivity contribution in [3.05, 3.63) is 46.7 Å². The predicted molar refractivity (Wildman–Crippen MR) is 64.6 cm³/mol. The number of Topliss-reactive ketones (excluding diaryl/α,β-unsaturated/α-hetero) is 1. The molecule has 0 saturated carbocycles. The second-order valence-corrected chi connectivity index (χ2v) is 4.19. The molecule has 0 spiro atoms. The molecule has 1 aromatic heterocycles. The lowest BCUT2D eigenvalue weighted by molar-refractivity contribution is 0.100. The Kier molecular flexibility index (Phi) is 3.17. The second kappa shape index (κ2) is 4.59. The van der Waals surface area contributed by atoms with Gasteiger partial charge < -0.3 is 5.73 Å². The maximum atomic E-state index is 11.3. The summed E-state index contributed by atoms with van der Waals surface area (Å²) in [6.45, 7) is 0.0344. The zero-order valence-electron chi connectivity index (χ0n) is 8.43. The summed E-state index contributed by atoms with van der Waals surface area (Å²) in [7, 11) is 0. The van der Waals surface area contributed by atoms with Gasteiger partial charge in [-0.3, -0.25) is 4.79 Å². The van der Waals surface area contributed by atoms with Crippen LogP contribution in [0.5, 0.6) is 0 Å². The average molecular weight is 280 g/mol. The normalized spacial score (nSPS) is 10.4. The summed E-state index contributed by atoms with van der Waals surface area (Å²) in [6, 6.07) is 7.17. The number of benzene rings is 1. The third-order valence-corrected chi connectivity index (χ3v) is 2.60. The van der Waals surface area contributed by atoms with Crippen LogP contribution in [0.25, 0.3) is 5.69 Å². The van der Waals surface area contributed by atoms with Crippen molar-refractivity contribution < 1.29 is 4.79 Å². The summed E-state index contributed by atoms with van der Waals surface area (Å²) >= 11 is 3.32. The average Bonchev–Trinajstić information content (AvgIpc) is 2.75. The molecular weight excluding hydrogens is 270 g/mol. The van der Waals surface area contributed by atoms with Crippen LogP contribution in [0.4, 0.5) is 0 Å². The summed E-state index contributed by atoms with van der Waals surface area (Å²) in [6.07, 6.45) is 3.55. The van der Waals surface area contributed by atoms with Crippen molar-refractivity contribution in [3.63, 3.8) is 0 Å². The molecule has 1 aromatic carbocycles. The Balaban J connectivity index is 2.29. The lowest BCUT2D eigenvalue weighted by Crippen LogP contribution is -2.13. The van der Waals surface area contributed by atoms with E-state index in [1.54, 1.807) is 23.0 Å². The van der Waals surface area contributed by atoms with E-state index in [4.69, 9.17) is 5.73 Å². The minimum atomic E-state index is -0.0619. The molecule has 0 saturated heterocycles. The van der Waals surface area contributed by atoms with E-state index in [0.717, 1.165) is 10.2 Å². The maximum absolute atomic E-state index is 11.3. The molecule has 0 atom stereocenters. The highest BCUT2D eigenvalue weighted by atomic mass is 79.9. The molecule has 0 fully saturated rings. The molecule has 2 N–H and O–H groups in total. The molecule has 5 heteroatoms. The Hall–Kier alpha value is -1.46. The Morgan fingerprint density at radius 1 is 1.38 bits per heavy atom. The first-order chi connectivity index (χ1) is 7.70. The first-order valence-electron chi connectivity index (χ1n) is 4.74. The Labute approximate surface area is 101 Å². The molecule has 0 aliphatic rings. The highest BCUT2D eigenvalue weighted by Gasteiger charge is 2.04. The summed E-state index contributed by atoms with van der Waals surface area (Å²) < 4.78 is 2.63. The number of nitrogens with two attached hydrogens (primary N) is 1. The Morgan fingerprint density at radius 2 is 2.06 bits per heavy atom. The molecule has 16 heavy (non-hydrogen) atoms. The predicted octanol–water partition coefficient (Wildman–Crippen LogP) is 1.78. The van der Waals surface area contributed by atoms with Crippen LogP contribution in [0.15, 0.2) is 41.1 Å². The number of aromatic nitrogens is 2. The highest BCUT2D eigenvalue weighted by Crippen LogP contribution is 2.13. The zero-order chi connectivity index (χ0) is 11.5.